The summed E-state index contributed by atoms with van der Waals surface area (Å²) in [5.74, 6) is -1.12. The van der Waals surface area contributed by atoms with Gasteiger partial charge in [0.25, 0.3) is 0 Å². The molecule has 0 unspecified atom stereocenters. The molecule has 20 heavy (non-hydrogen) atoms. The molecule has 0 aliphatic heterocycles. The van der Waals surface area contributed by atoms with Crippen molar-refractivity contribution in [2.24, 2.45) is 0 Å². The predicted molar refractivity (Wildman–Crippen MR) is 78.7 cm³/mol. The average molecular weight is 288 g/mol. The molecule has 0 saturated heterocycles. The van der Waals surface area contributed by atoms with E-state index < -0.39 is 5.97 Å². The van der Waals surface area contributed by atoms with E-state index in [1.54, 1.807) is 24.3 Å². The highest BCUT2D eigenvalue weighted by molar-refractivity contribution is 7.14. The largest absolute Gasteiger partial charge is 0.478 e. The van der Waals surface area contributed by atoms with Gasteiger partial charge in [-0.1, -0.05) is 18.2 Å². The maximum absolute atomic E-state index is 10.9. The second-order valence-corrected chi connectivity index (χ2v) is 4.88. The fourth-order valence-corrected chi connectivity index (χ4v) is 2.25. The number of aromatic carboxylic acids is 1. The Bertz CT molecular complexity index is 677. The monoisotopic (exact) mass is 288 g/mol. The van der Waals surface area contributed by atoms with Crippen LogP contribution in [0.15, 0.2) is 29.6 Å². The van der Waals surface area contributed by atoms with Crippen LogP contribution in [0.1, 0.15) is 28.5 Å². The van der Waals surface area contributed by atoms with Crippen molar-refractivity contribution >= 4 is 40.5 Å². The third-order valence-corrected chi connectivity index (χ3v) is 3.16. The number of nitrogens with one attached hydrogen (secondary N) is 1. The molecule has 6 heteroatoms. The highest BCUT2D eigenvalue weighted by Crippen LogP contribution is 2.17. The zero-order valence-corrected chi connectivity index (χ0v) is 11.5. The van der Waals surface area contributed by atoms with Crippen molar-refractivity contribution in [2.75, 3.05) is 5.32 Å². The minimum atomic E-state index is -0.957. The summed E-state index contributed by atoms with van der Waals surface area (Å²) in [5.41, 5.74) is 1.72. The molecule has 0 radical (unpaired) electrons. The Hall–Kier alpha value is -2.47. The van der Waals surface area contributed by atoms with Crippen molar-refractivity contribution in [1.29, 1.82) is 0 Å². The number of rotatable bonds is 4. The van der Waals surface area contributed by atoms with E-state index >= 15 is 0 Å². The Morgan fingerprint density at radius 1 is 1.35 bits per heavy atom. The van der Waals surface area contributed by atoms with Crippen LogP contribution in [0.5, 0.6) is 0 Å². The van der Waals surface area contributed by atoms with E-state index in [2.05, 4.69) is 10.3 Å². The van der Waals surface area contributed by atoms with Gasteiger partial charge in [-0.2, -0.15) is 0 Å². The molecule has 0 bridgehead atoms. The van der Waals surface area contributed by atoms with Crippen LogP contribution < -0.4 is 5.32 Å². The molecular formula is C14H12N2O3S. The lowest BCUT2D eigenvalue weighted by molar-refractivity contribution is -0.114. The molecule has 0 saturated carbocycles. The molecule has 1 aromatic heterocycles. The first-order chi connectivity index (χ1) is 9.54. The topological polar surface area (TPSA) is 79.3 Å². The number of anilines is 1. The van der Waals surface area contributed by atoms with Gasteiger partial charge in [-0.3, -0.25) is 4.79 Å². The van der Waals surface area contributed by atoms with E-state index in [1.807, 2.05) is 11.4 Å². The first kappa shape index (κ1) is 14.0. The minimum Gasteiger partial charge on any atom is -0.478 e. The first-order valence-corrected chi connectivity index (χ1v) is 6.67. The number of carbonyl (C=O) groups is 2. The summed E-state index contributed by atoms with van der Waals surface area (Å²) in [6.45, 7) is 1.42. The third-order valence-electron chi connectivity index (χ3n) is 2.39. The fourth-order valence-electron chi connectivity index (χ4n) is 1.53. The summed E-state index contributed by atoms with van der Waals surface area (Å²) in [4.78, 5) is 25.9. The van der Waals surface area contributed by atoms with Crippen LogP contribution in [-0.4, -0.2) is 22.0 Å². The molecule has 0 fully saturated rings. The summed E-state index contributed by atoms with van der Waals surface area (Å²) < 4.78 is 0. The molecule has 1 amide bonds. The van der Waals surface area contributed by atoms with Gasteiger partial charge in [0, 0.05) is 12.3 Å². The lowest BCUT2D eigenvalue weighted by atomic mass is 10.1. The molecule has 1 aromatic carbocycles. The van der Waals surface area contributed by atoms with Gasteiger partial charge in [0.05, 0.1) is 11.3 Å². The van der Waals surface area contributed by atoms with E-state index in [0.29, 0.717) is 10.8 Å². The van der Waals surface area contributed by atoms with Gasteiger partial charge in [0.1, 0.15) is 0 Å². The number of carboxylic acid groups (broad SMARTS) is 1. The second-order valence-electron chi connectivity index (χ2n) is 4.02. The molecule has 0 spiro atoms. The number of amides is 1. The van der Waals surface area contributed by atoms with E-state index in [4.69, 9.17) is 5.11 Å². The zero-order valence-electron chi connectivity index (χ0n) is 10.7. The van der Waals surface area contributed by atoms with E-state index in [-0.39, 0.29) is 11.5 Å². The van der Waals surface area contributed by atoms with Gasteiger partial charge in [0.2, 0.25) is 5.91 Å². The number of aromatic nitrogens is 1. The average Bonchev–Trinajstić information content (AvgIpc) is 2.83. The molecule has 2 N–H and O–H groups in total. The minimum absolute atomic E-state index is 0.163. The van der Waals surface area contributed by atoms with Gasteiger partial charge >= 0.3 is 5.97 Å². The van der Waals surface area contributed by atoms with Crippen molar-refractivity contribution in [3.63, 3.8) is 0 Å². The van der Waals surface area contributed by atoms with Crippen molar-refractivity contribution in [2.45, 2.75) is 6.92 Å². The van der Waals surface area contributed by atoms with Crippen LogP contribution in [0.3, 0.4) is 0 Å². The van der Waals surface area contributed by atoms with Crippen molar-refractivity contribution in [1.82, 2.24) is 4.98 Å². The SMILES string of the molecule is CC(=O)Nc1nc(C=Cc2cccc(C(=O)O)c2)cs1. The molecule has 1 heterocycles. The third kappa shape index (κ3) is 3.76. The van der Waals surface area contributed by atoms with E-state index in [0.717, 1.165) is 5.56 Å². The number of benzene rings is 1. The van der Waals surface area contributed by atoms with Crippen LogP contribution in [0, 0.1) is 0 Å². The maximum atomic E-state index is 10.9. The number of thiazole rings is 1. The summed E-state index contributed by atoms with van der Waals surface area (Å²) in [6.07, 6.45) is 3.54. The summed E-state index contributed by atoms with van der Waals surface area (Å²) in [7, 11) is 0. The Labute approximate surface area is 119 Å². The lowest BCUT2D eigenvalue weighted by Crippen LogP contribution is -2.04. The van der Waals surface area contributed by atoms with Crippen LogP contribution in [0.4, 0.5) is 5.13 Å². The van der Waals surface area contributed by atoms with Crippen LogP contribution in [0.2, 0.25) is 0 Å². The normalized spacial score (nSPS) is 10.7. The lowest BCUT2D eigenvalue weighted by Gasteiger charge is -1.96. The van der Waals surface area contributed by atoms with Gasteiger partial charge in [-0.25, -0.2) is 9.78 Å². The van der Waals surface area contributed by atoms with Gasteiger partial charge < -0.3 is 10.4 Å². The highest BCUT2D eigenvalue weighted by atomic mass is 32.1. The number of nitrogens with zero attached hydrogens (tertiary/aromatic N) is 1. The van der Waals surface area contributed by atoms with Gasteiger partial charge in [-0.15, -0.1) is 11.3 Å². The Morgan fingerprint density at radius 3 is 2.85 bits per heavy atom. The standard InChI is InChI=1S/C14H12N2O3S/c1-9(17)15-14-16-12(8-20-14)6-5-10-3-2-4-11(7-10)13(18)19/h2-8H,1H3,(H,18,19)(H,15,16,17). The molecule has 0 atom stereocenters. The smallest absolute Gasteiger partial charge is 0.335 e. The predicted octanol–water partition coefficient (Wildman–Crippen LogP) is 2.97. The van der Waals surface area contributed by atoms with Crippen molar-refractivity contribution in [3.8, 4) is 0 Å². The summed E-state index contributed by atoms with van der Waals surface area (Å²) >= 11 is 1.33. The maximum Gasteiger partial charge on any atom is 0.335 e. The molecule has 0 aliphatic carbocycles. The van der Waals surface area contributed by atoms with E-state index in [9.17, 15) is 9.59 Å². The highest BCUT2D eigenvalue weighted by Gasteiger charge is 2.02. The van der Waals surface area contributed by atoms with Crippen molar-refractivity contribution < 1.29 is 14.7 Å². The molecular weight excluding hydrogens is 276 g/mol. The summed E-state index contributed by atoms with van der Waals surface area (Å²) in [6, 6.07) is 6.62. The Kier molecular flexibility index (Phi) is 4.27. The molecule has 2 rings (SSSR count). The Morgan fingerprint density at radius 2 is 2.15 bits per heavy atom. The zero-order chi connectivity index (χ0) is 14.5. The van der Waals surface area contributed by atoms with Crippen LogP contribution in [0.25, 0.3) is 12.2 Å². The Balaban J connectivity index is 2.12. The van der Waals surface area contributed by atoms with Crippen LogP contribution >= 0.6 is 11.3 Å². The molecule has 102 valence electrons. The number of hydrogen-bond donors (Lipinski definition) is 2. The second kappa shape index (κ2) is 6.12. The number of carboxylic acids is 1. The fraction of sp³-hybridized carbons (Fsp3) is 0.0714. The van der Waals surface area contributed by atoms with Crippen molar-refractivity contribution in [3.05, 3.63) is 46.5 Å². The number of carbonyl (C=O) groups excluding carboxylic acids is 1. The van der Waals surface area contributed by atoms with Gasteiger partial charge in [-0.05, 0) is 23.8 Å². The summed E-state index contributed by atoms with van der Waals surface area (Å²) in [5, 5.41) is 13.9. The van der Waals surface area contributed by atoms with E-state index in [1.165, 1.54) is 24.3 Å². The van der Waals surface area contributed by atoms with Crippen LogP contribution in [-0.2, 0) is 4.79 Å². The quantitative estimate of drug-likeness (QED) is 0.906. The molecule has 0 aliphatic rings. The first-order valence-electron chi connectivity index (χ1n) is 5.79. The number of hydrogen-bond acceptors (Lipinski definition) is 4. The molecule has 2 aromatic rings. The van der Waals surface area contributed by atoms with Gasteiger partial charge in [0.15, 0.2) is 5.13 Å². The molecule has 5 nitrogen and oxygen atoms in total.